The fourth-order valence-corrected chi connectivity index (χ4v) is 3.24. The molecule has 2 rings (SSSR count). The summed E-state index contributed by atoms with van der Waals surface area (Å²) in [6.45, 7) is 1.92. The molecule has 0 saturated heterocycles. The van der Waals surface area contributed by atoms with E-state index >= 15 is 0 Å². The van der Waals surface area contributed by atoms with E-state index in [4.69, 9.17) is 0 Å². The minimum atomic E-state index is -4.66. The van der Waals surface area contributed by atoms with E-state index in [0.29, 0.717) is 6.42 Å². The Kier molecular flexibility index (Phi) is 6.29. The second-order valence-corrected chi connectivity index (χ2v) is 8.15. The Balaban J connectivity index is 2.16. The molecule has 2 aromatic carbocycles. The Bertz CT molecular complexity index is 837. The van der Waals surface area contributed by atoms with E-state index in [9.17, 15) is 22.0 Å². The van der Waals surface area contributed by atoms with Crippen LogP contribution in [0.5, 0.6) is 0 Å². The highest BCUT2D eigenvalue weighted by atomic mass is 79.9. The number of carbonyl (C=O) groups is 1. The maximum absolute atomic E-state index is 12.5. The van der Waals surface area contributed by atoms with Crippen molar-refractivity contribution < 1.29 is 22.0 Å². The predicted octanol–water partition coefficient (Wildman–Crippen LogP) is 4.33. The molecular formula is C17H16BrF2NO3S. The number of halogens is 3. The van der Waals surface area contributed by atoms with Crippen molar-refractivity contribution in [2.24, 2.45) is 0 Å². The molecule has 0 aliphatic rings. The summed E-state index contributed by atoms with van der Waals surface area (Å²) in [5.41, 5.74) is 1.12. The standard InChI is InChI=1S/C17H16BrF2NO3S/c1-2-15(11-3-7-13(18)8-4-11)21-16(22)12-5-9-14(10-6-12)25(23,24)17(19)20/h3-10,15,17H,2H2,1H3,(H,21,22). The first-order valence-electron chi connectivity index (χ1n) is 7.44. The summed E-state index contributed by atoms with van der Waals surface area (Å²) >= 11 is 3.35. The Morgan fingerprint density at radius 2 is 1.64 bits per heavy atom. The molecule has 0 aliphatic heterocycles. The fraction of sp³-hybridized carbons (Fsp3) is 0.235. The summed E-state index contributed by atoms with van der Waals surface area (Å²) in [5.74, 6) is -3.90. The van der Waals surface area contributed by atoms with Crippen LogP contribution in [0.25, 0.3) is 0 Å². The Morgan fingerprint density at radius 1 is 1.08 bits per heavy atom. The minimum Gasteiger partial charge on any atom is -0.345 e. The molecule has 8 heteroatoms. The minimum absolute atomic E-state index is 0.198. The number of alkyl halides is 2. The molecule has 0 aromatic heterocycles. The molecule has 25 heavy (non-hydrogen) atoms. The number of sulfone groups is 1. The van der Waals surface area contributed by atoms with Gasteiger partial charge in [0, 0.05) is 10.0 Å². The largest absolute Gasteiger partial charge is 0.345 e. The molecule has 0 bridgehead atoms. The smallest absolute Gasteiger partial charge is 0.341 e. The van der Waals surface area contributed by atoms with E-state index in [1.54, 1.807) is 0 Å². The lowest BCUT2D eigenvalue weighted by molar-refractivity contribution is 0.0935. The zero-order valence-corrected chi connectivity index (χ0v) is 15.6. The van der Waals surface area contributed by atoms with E-state index in [2.05, 4.69) is 21.2 Å². The fourth-order valence-electron chi connectivity index (χ4n) is 2.26. The average Bonchev–Trinajstić information content (AvgIpc) is 2.60. The maximum atomic E-state index is 12.5. The number of amides is 1. The quantitative estimate of drug-likeness (QED) is 0.740. The molecule has 0 spiro atoms. The van der Waals surface area contributed by atoms with Gasteiger partial charge in [0.25, 0.3) is 5.91 Å². The van der Waals surface area contributed by atoms with Crippen LogP contribution in [0, 0.1) is 0 Å². The third-order valence-electron chi connectivity index (χ3n) is 3.67. The molecule has 4 nitrogen and oxygen atoms in total. The van der Waals surface area contributed by atoms with E-state index < -0.39 is 26.4 Å². The van der Waals surface area contributed by atoms with Gasteiger partial charge < -0.3 is 5.32 Å². The lowest BCUT2D eigenvalue weighted by Crippen LogP contribution is -2.28. The van der Waals surface area contributed by atoms with E-state index in [-0.39, 0.29) is 11.6 Å². The van der Waals surface area contributed by atoms with Gasteiger partial charge in [-0.3, -0.25) is 4.79 Å². The molecule has 1 atom stereocenters. The second-order valence-electron chi connectivity index (χ2n) is 5.32. The van der Waals surface area contributed by atoms with E-state index in [1.165, 1.54) is 12.1 Å². The van der Waals surface area contributed by atoms with Crippen LogP contribution in [-0.4, -0.2) is 20.1 Å². The van der Waals surface area contributed by atoms with Gasteiger partial charge >= 0.3 is 5.76 Å². The molecule has 0 fully saturated rings. The molecule has 0 aliphatic carbocycles. The third-order valence-corrected chi connectivity index (χ3v) is 5.59. The topological polar surface area (TPSA) is 63.2 Å². The summed E-state index contributed by atoms with van der Waals surface area (Å²) in [6, 6.07) is 11.8. The first-order chi connectivity index (χ1) is 11.8. The summed E-state index contributed by atoms with van der Waals surface area (Å²) < 4.78 is 48.8. The third kappa shape index (κ3) is 4.64. The Hall–Kier alpha value is -1.80. The van der Waals surface area contributed by atoms with E-state index in [1.807, 2.05) is 31.2 Å². The molecule has 1 N–H and O–H groups in total. The molecule has 1 amide bonds. The normalized spacial score (nSPS) is 12.8. The average molecular weight is 432 g/mol. The number of hydrogen-bond acceptors (Lipinski definition) is 3. The maximum Gasteiger partial charge on any atom is 0.341 e. The Labute approximate surface area is 153 Å². The van der Waals surface area contributed by atoms with Crippen molar-refractivity contribution in [1.82, 2.24) is 5.32 Å². The summed E-state index contributed by atoms with van der Waals surface area (Å²) in [6.07, 6.45) is 0.658. The molecule has 0 radical (unpaired) electrons. The molecule has 0 saturated carbocycles. The number of benzene rings is 2. The molecular weight excluding hydrogens is 416 g/mol. The van der Waals surface area contributed by atoms with Gasteiger partial charge in [-0.15, -0.1) is 0 Å². The van der Waals surface area contributed by atoms with Gasteiger partial charge in [-0.25, -0.2) is 8.42 Å². The highest BCUT2D eigenvalue weighted by Gasteiger charge is 2.26. The van der Waals surface area contributed by atoms with Crippen LogP contribution in [0.4, 0.5) is 8.78 Å². The van der Waals surface area contributed by atoms with E-state index in [0.717, 1.165) is 22.2 Å². The number of hydrogen-bond donors (Lipinski definition) is 1. The summed E-state index contributed by atoms with van der Waals surface area (Å²) in [7, 11) is -4.66. The predicted molar refractivity (Wildman–Crippen MR) is 94.3 cm³/mol. The number of rotatable bonds is 6. The van der Waals surface area contributed by atoms with Gasteiger partial charge in [-0.05, 0) is 48.4 Å². The van der Waals surface area contributed by atoms with Crippen molar-refractivity contribution in [2.75, 3.05) is 0 Å². The molecule has 2 aromatic rings. The van der Waals surface area contributed by atoms with Gasteiger partial charge in [-0.1, -0.05) is 35.0 Å². The van der Waals surface area contributed by atoms with Crippen molar-refractivity contribution in [3.63, 3.8) is 0 Å². The van der Waals surface area contributed by atoms with Crippen molar-refractivity contribution >= 4 is 31.7 Å². The molecule has 134 valence electrons. The zero-order chi connectivity index (χ0) is 18.6. The number of nitrogens with one attached hydrogen (secondary N) is 1. The highest BCUT2D eigenvalue weighted by Crippen LogP contribution is 2.21. The summed E-state index contributed by atoms with van der Waals surface area (Å²) in [4.78, 5) is 11.8. The van der Waals surface area contributed by atoms with Crippen molar-refractivity contribution in [2.45, 2.75) is 30.0 Å². The van der Waals surface area contributed by atoms with Crippen LogP contribution < -0.4 is 5.32 Å². The SMILES string of the molecule is CCC(NC(=O)c1ccc(S(=O)(=O)C(F)F)cc1)c1ccc(Br)cc1. The zero-order valence-electron chi connectivity index (χ0n) is 13.2. The Morgan fingerprint density at radius 3 is 2.12 bits per heavy atom. The van der Waals surface area contributed by atoms with Gasteiger partial charge in [-0.2, -0.15) is 8.78 Å². The first kappa shape index (κ1) is 19.5. The van der Waals surface area contributed by atoms with Gasteiger partial charge in [0.05, 0.1) is 10.9 Å². The first-order valence-corrected chi connectivity index (χ1v) is 9.78. The number of carbonyl (C=O) groups excluding carboxylic acids is 1. The van der Waals surface area contributed by atoms with Crippen LogP contribution in [0.15, 0.2) is 57.9 Å². The second kappa shape index (κ2) is 8.05. The summed E-state index contributed by atoms with van der Waals surface area (Å²) in [5, 5.41) is 2.85. The lowest BCUT2D eigenvalue weighted by Gasteiger charge is -2.18. The van der Waals surface area contributed by atoms with Crippen molar-refractivity contribution in [3.8, 4) is 0 Å². The monoisotopic (exact) mass is 431 g/mol. The van der Waals surface area contributed by atoms with Crippen LogP contribution >= 0.6 is 15.9 Å². The lowest BCUT2D eigenvalue weighted by atomic mass is 10.0. The molecule has 0 heterocycles. The van der Waals surface area contributed by atoms with Crippen LogP contribution in [-0.2, 0) is 9.84 Å². The highest BCUT2D eigenvalue weighted by molar-refractivity contribution is 9.10. The van der Waals surface area contributed by atoms with Crippen molar-refractivity contribution in [3.05, 3.63) is 64.1 Å². The van der Waals surface area contributed by atoms with Crippen LogP contribution in [0.1, 0.15) is 35.3 Å². The van der Waals surface area contributed by atoms with Crippen LogP contribution in [0.3, 0.4) is 0 Å². The van der Waals surface area contributed by atoms with Crippen LogP contribution in [0.2, 0.25) is 0 Å². The van der Waals surface area contributed by atoms with Gasteiger partial charge in [0.1, 0.15) is 0 Å². The van der Waals surface area contributed by atoms with Crippen molar-refractivity contribution in [1.29, 1.82) is 0 Å². The van der Waals surface area contributed by atoms with Gasteiger partial charge in [0.15, 0.2) is 0 Å². The molecule has 1 unspecified atom stereocenters. The van der Waals surface area contributed by atoms with Gasteiger partial charge in [0.2, 0.25) is 9.84 Å².